The van der Waals surface area contributed by atoms with Crippen LogP contribution in [-0.2, 0) is 19.1 Å². The number of nitrogens with two attached hydrogens (primary N) is 3. The van der Waals surface area contributed by atoms with E-state index in [4.69, 9.17) is 32.2 Å². The van der Waals surface area contributed by atoms with E-state index >= 15 is 0 Å². The van der Waals surface area contributed by atoms with Gasteiger partial charge in [0.2, 0.25) is 0 Å². The van der Waals surface area contributed by atoms with Crippen molar-refractivity contribution in [2.24, 2.45) is 22.2 Å². The molecule has 0 rings (SSSR count). The van der Waals surface area contributed by atoms with Gasteiger partial charge in [0, 0.05) is 13.5 Å². The van der Waals surface area contributed by atoms with Crippen molar-refractivity contribution >= 4 is 23.9 Å². The number of esters is 1. The van der Waals surface area contributed by atoms with Crippen LogP contribution in [0.2, 0.25) is 0 Å². The van der Waals surface area contributed by atoms with Gasteiger partial charge in [-0.25, -0.2) is 0 Å². The van der Waals surface area contributed by atoms with Crippen LogP contribution in [0.15, 0.2) is 4.99 Å². The summed E-state index contributed by atoms with van der Waals surface area (Å²) in [6.07, 6.45) is 0.261. The van der Waals surface area contributed by atoms with Crippen LogP contribution in [0.5, 0.6) is 0 Å². The first kappa shape index (κ1) is 25.8. The van der Waals surface area contributed by atoms with Crippen LogP contribution in [0.4, 0.5) is 0 Å². The van der Waals surface area contributed by atoms with Crippen molar-refractivity contribution in [3.05, 3.63) is 0 Å². The Morgan fingerprint density at radius 3 is 2.04 bits per heavy atom. The quantitative estimate of drug-likeness (QED) is 0.0994. The molecule has 152 valence electrons. The highest BCUT2D eigenvalue weighted by atomic mass is 16.5. The second-order valence-corrected chi connectivity index (χ2v) is 6.70. The largest absolute Gasteiger partial charge is 0.481 e. The predicted molar refractivity (Wildman–Crippen MR) is 96.2 cm³/mol. The molecule has 0 spiro atoms. The lowest BCUT2D eigenvalue weighted by Crippen LogP contribution is -2.43. The Morgan fingerprint density at radius 1 is 1.15 bits per heavy atom. The SMILES string of the molecule is CC(=O)O[C@H](CC(=O)O)C[N+](C)(C)C.NC(N)=NCCCC(N)C(=O)O. The number of carboxylic acids is 2. The Bertz CT molecular complexity index is 469. The maximum absolute atomic E-state index is 10.7. The van der Waals surface area contributed by atoms with Gasteiger partial charge in [0.25, 0.3) is 0 Å². The maximum Gasteiger partial charge on any atom is 0.320 e. The van der Waals surface area contributed by atoms with E-state index in [1.807, 2.05) is 21.1 Å². The maximum atomic E-state index is 10.7. The summed E-state index contributed by atoms with van der Waals surface area (Å²) in [5.41, 5.74) is 15.3. The number of carbonyl (C=O) groups is 3. The minimum absolute atomic E-state index is 0.0129. The number of quaternary nitrogens is 1. The number of ether oxygens (including phenoxy) is 1. The minimum atomic E-state index is -1.00. The molecule has 0 fully saturated rings. The van der Waals surface area contributed by atoms with E-state index < -0.39 is 30.1 Å². The van der Waals surface area contributed by atoms with E-state index in [0.717, 1.165) is 0 Å². The summed E-state index contributed by atoms with van der Waals surface area (Å²) in [6.45, 7) is 2.19. The molecule has 0 radical (unpaired) electrons. The fraction of sp³-hybridized carbons (Fsp3) is 0.733. The number of aliphatic carboxylic acids is 2. The molecule has 0 aromatic carbocycles. The molecule has 26 heavy (non-hydrogen) atoms. The molecule has 0 aliphatic heterocycles. The first-order valence-electron chi connectivity index (χ1n) is 7.97. The Hall–Kier alpha value is -2.40. The fourth-order valence-corrected chi connectivity index (χ4v) is 1.83. The van der Waals surface area contributed by atoms with E-state index in [2.05, 4.69) is 4.99 Å². The molecule has 0 bridgehead atoms. The number of hydrogen-bond acceptors (Lipinski definition) is 6. The lowest BCUT2D eigenvalue weighted by Gasteiger charge is -2.28. The second kappa shape index (κ2) is 12.9. The summed E-state index contributed by atoms with van der Waals surface area (Å²) in [4.78, 5) is 35.1. The third kappa shape index (κ3) is 19.6. The van der Waals surface area contributed by atoms with Crippen molar-refractivity contribution in [1.29, 1.82) is 0 Å². The number of aliphatic imine (C=N–C) groups is 1. The third-order valence-electron chi connectivity index (χ3n) is 2.77. The predicted octanol–water partition coefficient (Wildman–Crippen LogP) is -1.45. The van der Waals surface area contributed by atoms with Crippen LogP contribution in [0.25, 0.3) is 0 Å². The first-order valence-corrected chi connectivity index (χ1v) is 7.97. The topological polar surface area (TPSA) is 191 Å². The summed E-state index contributed by atoms with van der Waals surface area (Å²) in [7, 11) is 5.75. The fourth-order valence-electron chi connectivity index (χ4n) is 1.83. The van der Waals surface area contributed by atoms with Crippen molar-refractivity contribution in [2.45, 2.75) is 38.3 Å². The molecule has 0 saturated heterocycles. The molecule has 1 unspecified atom stereocenters. The molecule has 8 N–H and O–H groups in total. The van der Waals surface area contributed by atoms with Crippen LogP contribution in [0.1, 0.15) is 26.2 Å². The number of likely N-dealkylation sites (N-methyl/N-ethyl adjacent to an activating group) is 1. The zero-order valence-electron chi connectivity index (χ0n) is 15.8. The van der Waals surface area contributed by atoms with E-state index in [-0.39, 0.29) is 12.4 Å². The smallest absolute Gasteiger partial charge is 0.320 e. The van der Waals surface area contributed by atoms with E-state index in [1.165, 1.54) is 6.92 Å². The molecule has 0 aliphatic carbocycles. The average molecular weight is 378 g/mol. The van der Waals surface area contributed by atoms with Crippen LogP contribution >= 0.6 is 0 Å². The van der Waals surface area contributed by atoms with E-state index in [1.54, 1.807) is 0 Å². The van der Waals surface area contributed by atoms with E-state index in [0.29, 0.717) is 30.4 Å². The number of carboxylic acid groups (broad SMARTS) is 2. The minimum Gasteiger partial charge on any atom is -0.481 e. The van der Waals surface area contributed by atoms with Gasteiger partial charge in [-0.3, -0.25) is 19.4 Å². The number of hydrogen-bond donors (Lipinski definition) is 5. The Kier molecular flexibility index (Phi) is 12.8. The molecule has 0 saturated carbocycles. The zero-order chi connectivity index (χ0) is 20.9. The van der Waals surface area contributed by atoms with Gasteiger partial charge in [-0.05, 0) is 12.8 Å². The molecule has 0 amide bonds. The molecule has 0 heterocycles. The molecular formula is C15H32N5O6+. The van der Waals surface area contributed by atoms with Gasteiger partial charge in [-0.15, -0.1) is 0 Å². The number of rotatable bonds is 10. The summed E-state index contributed by atoms with van der Waals surface area (Å²) in [5, 5.41) is 17.0. The van der Waals surface area contributed by atoms with Crippen molar-refractivity contribution in [2.75, 3.05) is 34.2 Å². The second-order valence-electron chi connectivity index (χ2n) is 6.70. The molecular weight excluding hydrogens is 346 g/mol. The average Bonchev–Trinajstić information content (AvgIpc) is 2.40. The molecule has 11 nitrogen and oxygen atoms in total. The van der Waals surface area contributed by atoms with Crippen molar-refractivity contribution in [1.82, 2.24) is 0 Å². The summed E-state index contributed by atoms with van der Waals surface area (Å²) >= 11 is 0. The van der Waals surface area contributed by atoms with E-state index in [9.17, 15) is 14.4 Å². The number of carbonyl (C=O) groups excluding carboxylic acids is 1. The summed E-state index contributed by atoms with van der Waals surface area (Å²) < 4.78 is 5.46. The standard InChI is InChI=1S/C9H17NO4.C6H14N4O2/c1-7(11)14-8(5-9(12)13)6-10(2,3)4;7-4(5(11)12)2-1-3-10-6(8)9/h8H,5-6H2,1-4H3;4H,1-3,7H2,(H,11,12)(H4,8,9,10)/p+1/t8-;/m1./s1. The Morgan fingerprint density at radius 2 is 1.69 bits per heavy atom. The highest BCUT2D eigenvalue weighted by molar-refractivity contribution is 5.75. The summed E-state index contributed by atoms with van der Waals surface area (Å²) in [5.74, 6) is -2.38. The van der Waals surface area contributed by atoms with Crippen LogP contribution in [0.3, 0.4) is 0 Å². The molecule has 0 aromatic heterocycles. The number of guanidine groups is 1. The van der Waals surface area contributed by atoms with Gasteiger partial charge in [-0.1, -0.05) is 0 Å². The van der Waals surface area contributed by atoms with Gasteiger partial charge in [0.15, 0.2) is 12.1 Å². The normalized spacial score (nSPS) is 12.8. The summed E-state index contributed by atoms with van der Waals surface area (Å²) in [6, 6.07) is -0.820. The van der Waals surface area contributed by atoms with Gasteiger partial charge in [-0.2, -0.15) is 0 Å². The van der Waals surface area contributed by atoms with Crippen LogP contribution in [0, 0.1) is 0 Å². The lowest BCUT2D eigenvalue weighted by atomic mass is 10.2. The van der Waals surface area contributed by atoms with Gasteiger partial charge >= 0.3 is 17.9 Å². The van der Waals surface area contributed by atoms with Gasteiger partial charge < -0.3 is 36.6 Å². The monoisotopic (exact) mass is 378 g/mol. The van der Waals surface area contributed by atoms with Gasteiger partial charge in [0.05, 0.1) is 27.6 Å². The highest BCUT2D eigenvalue weighted by Gasteiger charge is 2.23. The first-order chi connectivity index (χ1) is 11.7. The lowest BCUT2D eigenvalue weighted by molar-refractivity contribution is -0.873. The van der Waals surface area contributed by atoms with Crippen LogP contribution < -0.4 is 17.2 Å². The van der Waals surface area contributed by atoms with Crippen molar-refractivity contribution in [3.63, 3.8) is 0 Å². The van der Waals surface area contributed by atoms with Crippen molar-refractivity contribution in [3.8, 4) is 0 Å². The van der Waals surface area contributed by atoms with Gasteiger partial charge in [0.1, 0.15) is 12.6 Å². The Balaban J connectivity index is 0. The molecule has 0 aliphatic rings. The molecule has 11 heteroatoms. The van der Waals surface area contributed by atoms with Crippen LogP contribution in [-0.4, -0.2) is 84.9 Å². The Labute approximate surface area is 153 Å². The van der Waals surface area contributed by atoms with Crippen molar-refractivity contribution < 1.29 is 33.8 Å². The molecule has 0 aromatic rings. The third-order valence-corrected chi connectivity index (χ3v) is 2.77. The zero-order valence-corrected chi connectivity index (χ0v) is 15.8. The highest BCUT2D eigenvalue weighted by Crippen LogP contribution is 2.05. The molecule has 2 atom stereocenters. The number of nitrogens with zero attached hydrogens (tertiary/aromatic N) is 2.